The highest BCUT2D eigenvalue weighted by Gasteiger charge is 2.25. The fraction of sp³-hybridized carbons (Fsp3) is 0.696. The molecular weight excluding hydrogens is 799 g/mol. The number of nitrogens with zero attached hydrogens (tertiary/aromatic N) is 1. The van der Waals surface area contributed by atoms with Gasteiger partial charge in [0, 0.05) is 19.3 Å². The van der Waals surface area contributed by atoms with Crippen LogP contribution in [0.15, 0.2) is 85.1 Å². The van der Waals surface area contributed by atoms with Crippen molar-refractivity contribution >= 4 is 17.9 Å². The Morgan fingerprint density at radius 1 is 0.484 bits per heavy atom. The molecule has 0 saturated heterocycles. The van der Waals surface area contributed by atoms with Crippen molar-refractivity contribution in [1.82, 2.24) is 0 Å². The van der Waals surface area contributed by atoms with E-state index in [4.69, 9.17) is 14.2 Å². The molecule has 8 nitrogen and oxygen atoms in total. The first kappa shape index (κ1) is 60.5. The molecule has 8 heteroatoms. The van der Waals surface area contributed by atoms with Crippen molar-refractivity contribution in [3.05, 3.63) is 85.1 Å². The molecule has 0 amide bonds. The number of likely N-dealkylation sites (N-methyl/N-ethyl adjacent to an activating group) is 1. The Bertz CT molecular complexity index is 1320. The fourth-order valence-corrected chi connectivity index (χ4v) is 7.09. The van der Waals surface area contributed by atoms with Gasteiger partial charge in [0.15, 0.2) is 6.10 Å². The average molecular weight is 894 g/mol. The van der Waals surface area contributed by atoms with Gasteiger partial charge in [0.25, 0.3) is 0 Å². The van der Waals surface area contributed by atoms with Crippen LogP contribution < -0.4 is 5.11 Å². The van der Waals surface area contributed by atoms with E-state index in [1.165, 1.54) is 103 Å². The SMILES string of the molecule is CC/C=C/C/C=C/C/C=C/C/C=C/C/C=C/C/C=C/CCC(=O)OC(COCCC(C(=O)[O-])[N+](C)(C)C)COC(=O)CCCCCCCCC/C=C/CCCCCCCCCCCC. The van der Waals surface area contributed by atoms with E-state index in [2.05, 4.69) is 86.8 Å². The maximum Gasteiger partial charge on any atom is 0.306 e. The number of carbonyl (C=O) groups is 3. The van der Waals surface area contributed by atoms with E-state index in [0.29, 0.717) is 12.8 Å². The minimum absolute atomic E-state index is 0.00495. The minimum atomic E-state index is -1.14. The molecule has 0 spiro atoms. The first-order valence-corrected chi connectivity index (χ1v) is 25.6. The topological polar surface area (TPSA) is 102 Å². The Balaban J connectivity index is 4.37. The maximum atomic E-state index is 12.7. The fourth-order valence-electron chi connectivity index (χ4n) is 7.09. The lowest BCUT2D eigenvalue weighted by atomic mass is 10.1. The molecule has 0 aromatic heterocycles. The molecule has 0 rings (SSSR count). The Kier molecular flexibility index (Phi) is 43.5. The molecule has 64 heavy (non-hydrogen) atoms. The Hall–Kier alpha value is -3.49. The second-order valence-corrected chi connectivity index (χ2v) is 18.0. The summed E-state index contributed by atoms with van der Waals surface area (Å²) in [5.41, 5.74) is 0. The van der Waals surface area contributed by atoms with Gasteiger partial charge in [-0.15, -0.1) is 0 Å². The van der Waals surface area contributed by atoms with E-state index in [9.17, 15) is 19.5 Å². The monoisotopic (exact) mass is 894 g/mol. The number of hydrogen-bond donors (Lipinski definition) is 0. The highest BCUT2D eigenvalue weighted by atomic mass is 16.6. The quantitative estimate of drug-likeness (QED) is 0.0260. The van der Waals surface area contributed by atoms with Crippen molar-refractivity contribution in [2.75, 3.05) is 41.0 Å². The molecule has 2 unspecified atom stereocenters. The number of esters is 2. The summed E-state index contributed by atoms with van der Waals surface area (Å²) < 4.78 is 17.1. The van der Waals surface area contributed by atoms with Gasteiger partial charge in [-0.1, -0.05) is 189 Å². The summed E-state index contributed by atoms with van der Waals surface area (Å²) >= 11 is 0. The third kappa shape index (κ3) is 43.7. The Morgan fingerprint density at radius 3 is 1.36 bits per heavy atom. The zero-order valence-electron chi connectivity index (χ0n) is 41.7. The number of quaternary nitrogens is 1. The van der Waals surface area contributed by atoms with Crippen molar-refractivity contribution < 1.29 is 38.2 Å². The third-order valence-electron chi connectivity index (χ3n) is 11.0. The van der Waals surface area contributed by atoms with Crippen LogP contribution in [0.3, 0.4) is 0 Å². The number of unbranched alkanes of at least 4 members (excludes halogenated alkanes) is 17. The minimum Gasteiger partial charge on any atom is -0.544 e. The summed E-state index contributed by atoms with van der Waals surface area (Å²) in [5, 5.41) is 11.7. The predicted octanol–water partition coefficient (Wildman–Crippen LogP) is 13.5. The summed E-state index contributed by atoms with van der Waals surface area (Å²) in [6.45, 7) is 4.47. The summed E-state index contributed by atoms with van der Waals surface area (Å²) in [5.74, 6) is -1.85. The van der Waals surface area contributed by atoms with Gasteiger partial charge in [-0.3, -0.25) is 9.59 Å². The number of aliphatic carboxylic acids is 1. The largest absolute Gasteiger partial charge is 0.544 e. The van der Waals surface area contributed by atoms with Gasteiger partial charge in [-0.2, -0.15) is 0 Å². The van der Waals surface area contributed by atoms with E-state index in [1.807, 2.05) is 12.2 Å². The number of rotatable bonds is 45. The molecule has 0 aliphatic heterocycles. The van der Waals surface area contributed by atoms with Crippen LogP contribution in [-0.2, 0) is 28.6 Å². The normalized spacial score (nSPS) is 13.6. The van der Waals surface area contributed by atoms with E-state index in [1.54, 1.807) is 21.1 Å². The summed E-state index contributed by atoms with van der Waals surface area (Å²) in [4.78, 5) is 37.0. The molecule has 0 bridgehead atoms. The molecule has 2 atom stereocenters. The van der Waals surface area contributed by atoms with Crippen molar-refractivity contribution in [3.8, 4) is 0 Å². The lowest BCUT2D eigenvalue weighted by Gasteiger charge is -2.34. The molecule has 0 fully saturated rings. The van der Waals surface area contributed by atoms with E-state index in [0.717, 1.165) is 57.8 Å². The van der Waals surface area contributed by atoms with Crippen LogP contribution in [0.1, 0.15) is 200 Å². The van der Waals surface area contributed by atoms with E-state index in [-0.39, 0.29) is 43.1 Å². The van der Waals surface area contributed by atoms with Gasteiger partial charge >= 0.3 is 11.9 Å². The second-order valence-electron chi connectivity index (χ2n) is 18.0. The van der Waals surface area contributed by atoms with Crippen LogP contribution in [0.2, 0.25) is 0 Å². The zero-order valence-corrected chi connectivity index (χ0v) is 41.7. The number of allylic oxidation sites excluding steroid dienone is 14. The van der Waals surface area contributed by atoms with Crippen LogP contribution in [-0.4, -0.2) is 75.5 Å². The second kappa shape index (κ2) is 46.1. The lowest BCUT2D eigenvalue weighted by Crippen LogP contribution is -2.55. The lowest BCUT2D eigenvalue weighted by molar-refractivity contribution is -0.889. The molecule has 0 aliphatic carbocycles. The molecule has 0 heterocycles. The zero-order chi connectivity index (χ0) is 47.0. The molecule has 366 valence electrons. The number of hydrogen-bond acceptors (Lipinski definition) is 7. The average Bonchev–Trinajstić information content (AvgIpc) is 3.26. The van der Waals surface area contributed by atoms with Crippen LogP contribution in [0.25, 0.3) is 0 Å². The van der Waals surface area contributed by atoms with Gasteiger partial charge in [0.2, 0.25) is 0 Å². The number of carboxylic acids is 1. The van der Waals surface area contributed by atoms with Gasteiger partial charge in [-0.25, -0.2) is 0 Å². The smallest absolute Gasteiger partial charge is 0.306 e. The van der Waals surface area contributed by atoms with Crippen molar-refractivity contribution in [2.45, 2.75) is 212 Å². The van der Waals surface area contributed by atoms with Crippen LogP contribution in [0.4, 0.5) is 0 Å². The van der Waals surface area contributed by atoms with Crippen molar-refractivity contribution in [2.24, 2.45) is 0 Å². The first-order valence-electron chi connectivity index (χ1n) is 25.6. The maximum absolute atomic E-state index is 12.7. The molecule has 0 aliphatic rings. The number of carboxylic acid groups (broad SMARTS) is 1. The van der Waals surface area contributed by atoms with Gasteiger partial charge < -0.3 is 28.6 Å². The molecule has 0 saturated carbocycles. The summed E-state index contributed by atoms with van der Waals surface area (Å²) in [6, 6.07) is -0.744. The predicted molar refractivity (Wildman–Crippen MR) is 268 cm³/mol. The third-order valence-corrected chi connectivity index (χ3v) is 11.0. The summed E-state index contributed by atoms with van der Waals surface area (Å²) in [6.07, 6.45) is 60.6. The van der Waals surface area contributed by atoms with Crippen LogP contribution in [0, 0.1) is 0 Å². The number of carbonyl (C=O) groups excluding carboxylic acids is 3. The molecular formula is C56H95NO7. The van der Waals surface area contributed by atoms with Crippen LogP contribution in [0.5, 0.6) is 0 Å². The molecule has 0 N–H and O–H groups in total. The van der Waals surface area contributed by atoms with E-state index >= 15 is 0 Å². The van der Waals surface area contributed by atoms with Crippen molar-refractivity contribution in [1.29, 1.82) is 0 Å². The molecule has 0 radical (unpaired) electrons. The standard InChI is InChI=1S/C56H95NO7/c1-6-8-10-12-14-16-18-20-22-24-26-27-29-30-32-34-36-38-40-42-44-46-54(58)63-51-52(50-62-49-48-53(56(60)61)57(3,4)5)64-55(59)47-45-43-41-39-37-35-33-31-28-25-23-21-19-17-15-13-11-9-7-2/h9,11,15,17,21,23,27-29,31,35,37,41,43,52-53H,6-8,10,12-14,16,18-20,22,24-26,30,32-34,36,38-40,42,44-51H2,1-5H3/b11-9+,17-15+,23-21+,29-27+,31-28+,37-35+,43-41+. The Labute approximate surface area is 393 Å². The summed E-state index contributed by atoms with van der Waals surface area (Å²) in [7, 11) is 5.38. The first-order chi connectivity index (χ1) is 31.1. The van der Waals surface area contributed by atoms with Crippen molar-refractivity contribution in [3.63, 3.8) is 0 Å². The van der Waals surface area contributed by atoms with E-state index < -0.39 is 24.1 Å². The van der Waals surface area contributed by atoms with Gasteiger partial charge in [-0.05, 0) is 77.0 Å². The molecule has 0 aromatic rings. The highest BCUT2D eigenvalue weighted by molar-refractivity contribution is 5.70. The highest BCUT2D eigenvalue weighted by Crippen LogP contribution is 2.14. The number of ether oxygens (including phenoxy) is 3. The van der Waals surface area contributed by atoms with Crippen LogP contribution >= 0.6 is 0 Å². The van der Waals surface area contributed by atoms with Gasteiger partial charge in [0.05, 0.1) is 40.3 Å². The van der Waals surface area contributed by atoms with Gasteiger partial charge in [0.1, 0.15) is 12.6 Å². The molecule has 0 aromatic carbocycles. The Morgan fingerprint density at radius 2 is 0.906 bits per heavy atom.